The molecule has 0 fully saturated rings. The molecule has 1 atom stereocenters. The van der Waals surface area contributed by atoms with E-state index in [9.17, 15) is 0 Å². The molecular weight excluding hydrogens is 234 g/mol. The summed E-state index contributed by atoms with van der Waals surface area (Å²) in [4.78, 5) is 0. The zero-order chi connectivity index (χ0) is 12.8. The lowest BCUT2D eigenvalue weighted by Crippen LogP contribution is -2.24. The van der Waals surface area contributed by atoms with Crippen molar-refractivity contribution in [2.45, 2.75) is 52.0 Å². The van der Waals surface area contributed by atoms with Gasteiger partial charge in [-0.05, 0) is 39.2 Å². The maximum Gasteiger partial charge on any atom is 0.0849 e. The molecule has 1 rings (SSSR count). The smallest absolute Gasteiger partial charge is 0.0849 e. The number of rotatable bonds is 7. The number of aromatic nitrogens is 2. The fourth-order valence-corrected chi connectivity index (χ4v) is 2.55. The lowest BCUT2D eigenvalue weighted by atomic mass is 10.1. The number of nitrogens with zero attached hydrogens (tertiary/aromatic N) is 2. The topological polar surface area (TPSA) is 29.9 Å². The number of aryl methyl sites for hydroxylation is 2. The van der Waals surface area contributed by atoms with E-state index in [-0.39, 0.29) is 0 Å². The summed E-state index contributed by atoms with van der Waals surface area (Å²) in [6.45, 7) is 4.31. The maximum absolute atomic E-state index is 6.31. The van der Waals surface area contributed by atoms with E-state index in [1.807, 2.05) is 18.8 Å². The molecule has 0 bridgehead atoms. The van der Waals surface area contributed by atoms with Gasteiger partial charge >= 0.3 is 0 Å². The van der Waals surface area contributed by atoms with Crippen LogP contribution in [0.25, 0.3) is 0 Å². The van der Waals surface area contributed by atoms with Crippen LogP contribution in [0.5, 0.6) is 0 Å². The Kier molecular flexibility index (Phi) is 6.00. The second-order valence-corrected chi connectivity index (χ2v) is 4.85. The van der Waals surface area contributed by atoms with E-state index in [2.05, 4.69) is 24.3 Å². The quantitative estimate of drug-likeness (QED) is 0.814. The van der Waals surface area contributed by atoms with Gasteiger partial charge in [-0.1, -0.05) is 25.4 Å². The third-order valence-corrected chi connectivity index (χ3v) is 3.81. The Morgan fingerprint density at radius 1 is 1.41 bits per heavy atom. The summed E-state index contributed by atoms with van der Waals surface area (Å²) in [7, 11) is 4.01. The van der Waals surface area contributed by atoms with Gasteiger partial charge in [0.2, 0.25) is 0 Å². The monoisotopic (exact) mass is 257 g/mol. The number of hydrogen-bond acceptors (Lipinski definition) is 2. The van der Waals surface area contributed by atoms with Crippen molar-refractivity contribution >= 4 is 11.6 Å². The molecule has 0 aliphatic rings. The highest BCUT2D eigenvalue weighted by molar-refractivity contribution is 6.31. The molecule has 1 unspecified atom stereocenters. The van der Waals surface area contributed by atoms with E-state index in [1.54, 1.807) is 0 Å². The Balaban J connectivity index is 2.54. The minimum Gasteiger partial charge on any atom is -0.317 e. The van der Waals surface area contributed by atoms with Crippen molar-refractivity contribution in [2.24, 2.45) is 7.05 Å². The first-order chi connectivity index (χ1) is 8.13. The second-order valence-electron chi connectivity index (χ2n) is 4.47. The first kappa shape index (κ1) is 14.5. The Hall–Kier alpha value is -0.540. The molecule has 0 aliphatic heterocycles. The lowest BCUT2D eigenvalue weighted by molar-refractivity contribution is 0.487. The minimum absolute atomic E-state index is 0.618. The Morgan fingerprint density at radius 3 is 2.59 bits per heavy atom. The Labute approximate surface area is 110 Å². The molecule has 1 N–H and O–H groups in total. The van der Waals surface area contributed by atoms with E-state index in [4.69, 9.17) is 11.6 Å². The number of halogens is 1. The molecule has 0 saturated carbocycles. The fraction of sp³-hybridized carbons (Fsp3) is 0.769. The van der Waals surface area contributed by atoms with Crippen LogP contribution < -0.4 is 5.32 Å². The van der Waals surface area contributed by atoms with Gasteiger partial charge in [0, 0.05) is 13.1 Å². The van der Waals surface area contributed by atoms with Gasteiger partial charge in [0.15, 0.2) is 0 Å². The van der Waals surface area contributed by atoms with Crippen molar-refractivity contribution in [1.29, 1.82) is 0 Å². The maximum atomic E-state index is 6.31. The van der Waals surface area contributed by atoms with Crippen molar-refractivity contribution in [3.63, 3.8) is 0 Å². The molecule has 0 spiro atoms. The van der Waals surface area contributed by atoms with Crippen LogP contribution in [0.3, 0.4) is 0 Å². The van der Waals surface area contributed by atoms with Gasteiger partial charge in [-0.15, -0.1) is 0 Å². The summed E-state index contributed by atoms with van der Waals surface area (Å²) in [5, 5.41) is 8.63. The van der Waals surface area contributed by atoms with Gasteiger partial charge in [-0.2, -0.15) is 5.10 Å². The van der Waals surface area contributed by atoms with Crippen LogP contribution in [0.15, 0.2) is 0 Å². The number of nitrogens with one attached hydrogen (secondary N) is 1. The molecule has 1 aromatic rings. The van der Waals surface area contributed by atoms with Crippen LogP contribution >= 0.6 is 11.6 Å². The van der Waals surface area contributed by atoms with Crippen molar-refractivity contribution in [1.82, 2.24) is 15.1 Å². The van der Waals surface area contributed by atoms with Crippen LogP contribution in [0.1, 0.15) is 44.5 Å². The second kappa shape index (κ2) is 7.02. The molecule has 3 nitrogen and oxygen atoms in total. The van der Waals surface area contributed by atoms with Gasteiger partial charge < -0.3 is 5.32 Å². The molecular formula is C13H24ClN3. The number of hydrogen-bond donors (Lipinski definition) is 1. The van der Waals surface area contributed by atoms with Crippen LogP contribution in [0.2, 0.25) is 5.02 Å². The summed E-state index contributed by atoms with van der Waals surface area (Å²) >= 11 is 6.31. The highest BCUT2D eigenvalue weighted by atomic mass is 35.5. The predicted octanol–water partition coefficient (Wildman–Crippen LogP) is 2.96. The van der Waals surface area contributed by atoms with Gasteiger partial charge in [0.05, 0.1) is 16.4 Å². The van der Waals surface area contributed by atoms with Crippen molar-refractivity contribution in [3.8, 4) is 0 Å². The molecule has 17 heavy (non-hydrogen) atoms. The van der Waals surface area contributed by atoms with E-state index in [1.165, 1.54) is 18.5 Å². The van der Waals surface area contributed by atoms with E-state index >= 15 is 0 Å². The summed E-state index contributed by atoms with van der Waals surface area (Å²) in [5.41, 5.74) is 2.19. The van der Waals surface area contributed by atoms with Crippen LogP contribution in [0, 0.1) is 0 Å². The van der Waals surface area contributed by atoms with Crippen LogP contribution in [0.4, 0.5) is 0 Å². The molecule has 4 heteroatoms. The van der Waals surface area contributed by atoms with E-state index in [0.717, 1.165) is 30.0 Å². The third kappa shape index (κ3) is 3.71. The lowest BCUT2D eigenvalue weighted by Gasteiger charge is -2.13. The SMILES string of the molecule is CCc1nn(C)c(CCCC(CC)NC)c1Cl. The normalized spacial score (nSPS) is 13.0. The van der Waals surface area contributed by atoms with Crippen LogP contribution in [-0.2, 0) is 19.9 Å². The largest absolute Gasteiger partial charge is 0.317 e. The zero-order valence-electron chi connectivity index (χ0n) is 11.4. The average molecular weight is 258 g/mol. The Bertz CT molecular complexity index is 343. The van der Waals surface area contributed by atoms with Crippen LogP contribution in [-0.4, -0.2) is 22.9 Å². The van der Waals surface area contributed by atoms with Gasteiger partial charge in [0.25, 0.3) is 0 Å². The summed E-state index contributed by atoms with van der Waals surface area (Å²) in [6, 6.07) is 0.618. The fourth-order valence-electron chi connectivity index (χ4n) is 2.16. The van der Waals surface area contributed by atoms with Gasteiger partial charge in [0.1, 0.15) is 0 Å². The third-order valence-electron chi connectivity index (χ3n) is 3.37. The molecule has 0 saturated heterocycles. The molecule has 1 heterocycles. The molecule has 0 aromatic carbocycles. The summed E-state index contributed by atoms with van der Waals surface area (Å²) < 4.78 is 1.93. The zero-order valence-corrected chi connectivity index (χ0v) is 12.1. The first-order valence-corrected chi connectivity index (χ1v) is 6.89. The minimum atomic E-state index is 0.618. The predicted molar refractivity (Wildman–Crippen MR) is 73.7 cm³/mol. The molecule has 0 radical (unpaired) electrons. The molecule has 0 amide bonds. The molecule has 0 aliphatic carbocycles. The summed E-state index contributed by atoms with van der Waals surface area (Å²) in [5.74, 6) is 0. The molecule has 1 aromatic heterocycles. The highest BCUT2D eigenvalue weighted by Gasteiger charge is 2.13. The van der Waals surface area contributed by atoms with Crippen molar-refractivity contribution in [3.05, 3.63) is 16.4 Å². The standard InChI is InChI=1S/C13H24ClN3/c1-5-10(15-3)8-7-9-12-13(14)11(6-2)16-17(12)4/h10,15H,5-9H2,1-4H3. The average Bonchev–Trinajstić information content (AvgIpc) is 2.61. The van der Waals surface area contributed by atoms with E-state index < -0.39 is 0 Å². The van der Waals surface area contributed by atoms with Gasteiger partial charge in [-0.25, -0.2) is 0 Å². The van der Waals surface area contributed by atoms with E-state index in [0.29, 0.717) is 6.04 Å². The Morgan fingerprint density at radius 2 is 2.12 bits per heavy atom. The van der Waals surface area contributed by atoms with Crippen molar-refractivity contribution in [2.75, 3.05) is 7.05 Å². The highest BCUT2D eigenvalue weighted by Crippen LogP contribution is 2.22. The first-order valence-electron chi connectivity index (χ1n) is 6.51. The van der Waals surface area contributed by atoms with Crippen molar-refractivity contribution < 1.29 is 0 Å². The summed E-state index contributed by atoms with van der Waals surface area (Å²) in [6.07, 6.45) is 5.44. The van der Waals surface area contributed by atoms with Gasteiger partial charge in [-0.3, -0.25) is 4.68 Å². The molecule has 98 valence electrons.